The maximum absolute atomic E-state index is 13.7. The van der Waals surface area contributed by atoms with Gasteiger partial charge >= 0.3 is 5.97 Å². The normalized spacial score (nSPS) is 11.3. The van der Waals surface area contributed by atoms with Crippen molar-refractivity contribution in [1.29, 1.82) is 0 Å². The van der Waals surface area contributed by atoms with Crippen LogP contribution in [0, 0.1) is 12.7 Å². The topological polar surface area (TPSA) is 92.8 Å². The fourth-order valence-electron chi connectivity index (χ4n) is 2.10. The molecule has 1 amide bonds. The summed E-state index contributed by atoms with van der Waals surface area (Å²) in [6, 6.07) is 9.43. The summed E-state index contributed by atoms with van der Waals surface area (Å²) in [5, 5.41) is 2.31. The van der Waals surface area contributed by atoms with Gasteiger partial charge in [-0.2, -0.15) is 0 Å². The van der Waals surface area contributed by atoms with Gasteiger partial charge in [0.25, 0.3) is 5.91 Å². The first kappa shape index (κ1) is 20.5. The van der Waals surface area contributed by atoms with E-state index in [1.54, 1.807) is 13.0 Å². The number of hydrogen-bond donors (Lipinski definition) is 1. The predicted molar refractivity (Wildman–Crippen MR) is 97.4 cm³/mol. The lowest BCUT2D eigenvalue weighted by atomic mass is 10.2. The zero-order valence-corrected chi connectivity index (χ0v) is 15.8. The number of benzene rings is 2. The molecule has 0 saturated carbocycles. The van der Waals surface area contributed by atoms with Crippen molar-refractivity contribution in [3.63, 3.8) is 0 Å². The molecule has 0 heterocycles. The minimum Gasteiger partial charge on any atom is -0.452 e. The van der Waals surface area contributed by atoms with Crippen molar-refractivity contribution in [2.24, 2.45) is 0 Å². The number of rotatable bonds is 6. The van der Waals surface area contributed by atoms with Crippen LogP contribution >= 0.6 is 0 Å². The van der Waals surface area contributed by atoms with Gasteiger partial charge in [-0.1, -0.05) is 6.07 Å². The van der Waals surface area contributed by atoms with Crippen molar-refractivity contribution in [2.45, 2.75) is 11.8 Å². The average Bonchev–Trinajstić information content (AvgIpc) is 2.62. The SMILES string of the molecule is Cc1ccc(NC(=O)COC(=O)c2ccc(S(=O)(=O)N(C)C)cc2)c(F)c1. The lowest BCUT2D eigenvalue weighted by Gasteiger charge is -2.11. The fraction of sp³-hybridized carbons (Fsp3) is 0.222. The van der Waals surface area contributed by atoms with Crippen molar-refractivity contribution < 1.29 is 27.1 Å². The van der Waals surface area contributed by atoms with Gasteiger partial charge < -0.3 is 10.1 Å². The van der Waals surface area contributed by atoms with Gasteiger partial charge in [0, 0.05) is 14.1 Å². The molecular formula is C18H19FN2O5S. The highest BCUT2D eigenvalue weighted by molar-refractivity contribution is 7.89. The van der Waals surface area contributed by atoms with Crippen molar-refractivity contribution in [1.82, 2.24) is 4.31 Å². The van der Waals surface area contributed by atoms with Crippen LogP contribution in [0.3, 0.4) is 0 Å². The van der Waals surface area contributed by atoms with E-state index in [1.165, 1.54) is 50.5 Å². The molecule has 0 aliphatic carbocycles. The van der Waals surface area contributed by atoms with Gasteiger partial charge in [0.15, 0.2) is 6.61 Å². The molecule has 0 aliphatic rings. The third-order valence-corrected chi connectivity index (χ3v) is 5.43. The van der Waals surface area contributed by atoms with Crippen LogP contribution in [-0.4, -0.2) is 45.3 Å². The van der Waals surface area contributed by atoms with Crippen LogP contribution in [0.5, 0.6) is 0 Å². The molecule has 0 fully saturated rings. The smallest absolute Gasteiger partial charge is 0.338 e. The molecule has 0 spiro atoms. The molecule has 9 heteroatoms. The van der Waals surface area contributed by atoms with E-state index in [-0.39, 0.29) is 16.1 Å². The van der Waals surface area contributed by atoms with Crippen LogP contribution in [0.2, 0.25) is 0 Å². The van der Waals surface area contributed by atoms with Crippen LogP contribution in [0.4, 0.5) is 10.1 Å². The zero-order valence-electron chi connectivity index (χ0n) is 15.0. The van der Waals surface area contributed by atoms with E-state index < -0.39 is 34.3 Å². The highest BCUT2D eigenvalue weighted by atomic mass is 32.2. The Morgan fingerprint density at radius 1 is 1.11 bits per heavy atom. The van der Waals surface area contributed by atoms with Gasteiger partial charge in [0.05, 0.1) is 16.1 Å². The number of ether oxygens (including phenoxy) is 1. The molecule has 27 heavy (non-hydrogen) atoms. The number of amides is 1. The minimum absolute atomic E-state index is 0.0140. The van der Waals surface area contributed by atoms with Crippen LogP contribution in [0.25, 0.3) is 0 Å². The van der Waals surface area contributed by atoms with Gasteiger partial charge in [-0.05, 0) is 48.9 Å². The maximum atomic E-state index is 13.7. The van der Waals surface area contributed by atoms with E-state index in [2.05, 4.69) is 5.32 Å². The second kappa shape index (κ2) is 8.28. The Kier molecular flexibility index (Phi) is 6.29. The van der Waals surface area contributed by atoms with Gasteiger partial charge in [-0.25, -0.2) is 21.9 Å². The third-order valence-electron chi connectivity index (χ3n) is 3.60. The van der Waals surface area contributed by atoms with Gasteiger partial charge in [-0.15, -0.1) is 0 Å². The second-order valence-electron chi connectivity index (χ2n) is 5.92. The molecule has 2 aromatic carbocycles. The Labute approximate surface area is 156 Å². The summed E-state index contributed by atoms with van der Waals surface area (Å²) in [6.45, 7) is 1.11. The van der Waals surface area contributed by atoms with E-state index in [1.807, 2.05) is 0 Å². The van der Waals surface area contributed by atoms with Crippen LogP contribution in [0.1, 0.15) is 15.9 Å². The molecular weight excluding hydrogens is 375 g/mol. The lowest BCUT2D eigenvalue weighted by molar-refractivity contribution is -0.119. The first-order chi connectivity index (χ1) is 12.6. The van der Waals surface area contributed by atoms with E-state index in [0.29, 0.717) is 5.56 Å². The number of carbonyl (C=O) groups excluding carboxylic acids is 2. The Hall–Kier alpha value is -2.78. The zero-order chi connectivity index (χ0) is 20.2. The number of nitrogens with zero attached hydrogens (tertiary/aromatic N) is 1. The molecule has 144 valence electrons. The number of carbonyl (C=O) groups is 2. The van der Waals surface area contributed by atoms with Crippen molar-refractivity contribution in [3.05, 3.63) is 59.4 Å². The average molecular weight is 394 g/mol. The summed E-state index contributed by atoms with van der Waals surface area (Å²) in [5.41, 5.74) is 0.776. The number of esters is 1. The van der Waals surface area contributed by atoms with Crippen molar-refractivity contribution in [3.8, 4) is 0 Å². The summed E-state index contributed by atoms with van der Waals surface area (Å²) in [6.07, 6.45) is 0. The molecule has 0 atom stereocenters. The minimum atomic E-state index is -3.61. The summed E-state index contributed by atoms with van der Waals surface area (Å²) in [4.78, 5) is 23.8. The fourth-order valence-corrected chi connectivity index (χ4v) is 3.00. The molecule has 0 radical (unpaired) electrons. The highest BCUT2D eigenvalue weighted by Gasteiger charge is 2.18. The van der Waals surface area contributed by atoms with E-state index >= 15 is 0 Å². The quantitative estimate of drug-likeness (QED) is 0.758. The first-order valence-electron chi connectivity index (χ1n) is 7.87. The summed E-state index contributed by atoms with van der Waals surface area (Å²) < 4.78 is 43.6. The van der Waals surface area contributed by atoms with Crippen LogP contribution < -0.4 is 5.32 Å². The molecule has 0 unspecified atom stereocenters. The predicted octanol–water partition coefficient (Wildman–Crippen LogP) is 2.18. The van der Waals surface area contributed by atoms with Gasteiger partial charge in [0.1, 0.15) is 5.82 Å². The number of nitrogens with one attached hydrogen (secondary N) is 1. The molecule has 0 aromatic heterocycles. The Balaban J connectivity index is 1.96. The first-order valence-corrected chi connectivity index (χ1v) is 9.31. The van der Waals surface area contributed by atoms with Crippen LogP contribution in [0.15, 0.2) is 47.4 Å². The van der Waals surface area contributed by atoms with Gasteiger partial charge in [-0.3, -0.25) is 4.79 Å². The summed E-state index contributed by atoms with van der Waals surface area (Å²) >= 11 is 0. The standard InChI is InChI=1S/C18H19FN2O5S/c1-12-4-9-16(15(19)10-12)20-17(22)11-26-18(23)13-5-7-14(8-6-13)27(24,25)21(2)3/h4-10H,11H2,1-3H3,(H,20,22). The second-order valence-corrected chi connectivity index (χ2v) is 8.07. The molecule has 2 aromatic rings. The lowest BCUT2D eigenvalue weighted by Crippen LogP contribution is -2.22. The van der Waals surface area contributed by atoms with E-state index in [9.17, 15) is 22.4 Å². The van der Waals surface area contributed by atoms with E-state index in [0.717, 1.165) is 4.31 Å². The van der Waals surface area contributed by atoms with Gasteiger partial charge in [0.2, 0.25) is 10.0 Å². The Bertz CT molecular complexity index is 956. The molecule has 0 saturated heterocycles. The molecule has 0 aliphatic heterocycles. The highest BCUT2D eigenvalue weighted by Crippen LogP contribution is 2.16. The largest absolute Gasteiger partial charge is 0.452 e. The third kappa shape index (κ3) is 5.11. The van der Waals surface area contributed by atoms with Crippen molar-refractivity contribution >= 4 is 27.6 Å². The number of hydrogen-bond acceptors (Lipinski definition) is 5. The summed E-state index contributed by atoms with van der Waals surface area (Å²) in [5.74, 6) is -2.09. The maximum Gasteiger partial charge on any atom is 0.338 e. The van der Waals surface area contributed by atoms with Crippen LogP contribution in [-0.2, 0) is 19.6 Å². The monoisotopic (exact) mass is 394 g/mol. The number of halogens is 1. The Morgan fingerprint density at radius 3 is 2.30 bits per heavy atom. The molecule has 1 N–H and O–H groups in total. The van der Waals surface area contributed by atoms with E-state index in [4.69, 9.17) is 4.74 Å². The number of anilines is 1. The summed E-state index contributed by atoms with van der Waals surface area (Å²) in [7, 11) is -0.814. The molecule has 7 nitrogen and oxygen atoms in total. The number of sulfonamides is 1. The Morgan fingerprint density at radius 2 is 1.74 bits per heavy atom. The molecule has 2 rings (SSSR count). The molecule has 0 bridgehead atoms. The number of aryl methyl sites for hydroxylation is 1. The van der Waals surface area contributed by atoms with Crippen molar-refractivity contribution in [2.75, 3.05) is 26.0 Å².